The lowest BCUT2D eigenvalue weighted by atomic mass is 10.0. The van der Waals surface area contributed by atoms with E-state index >= 15 is 0 Å². The molecule has 3 heterocycles. The SMILES string of the molecule is CC(C)Cc1csc2nc(-c3ccncc3)nc(NCC(C)N)c12. The number of nitrogens with zero attached hydrogens (tertiary/aromatic N) is 3. The molecule has 0 aliphatic rings. The molecule has 0 aliphatic heterocycles. The van der Waals surface area contributed by atoms with E-state index in [4.69, 9.17) is 15.7 Å². The molecule has 5 nitrogen and oxygen atoms in total. The van der Waals surface area contributed by atoms with Crippen molar-refractivity contribution in [1.29, 1.82) is 0 Å². The van der Waals surface area contributed by atoms with Crippen molar-refractivity contribution in [1.82, 2.24) is 15.0 Å². The van der Waals surface area contributed by atoms with E-state index in [2.05, 4.69) is 29.5 Å². The summed E-state index contributed by atoms with van der Waals surface area (Å²) in [5, 5.41) is 6.74. The lowest BCUT2D eigenvalue weighted by Crippen LogP contribution is -2.25. The zero-order valence-corrected chi connectivity index (χ0v) is 15.1. The molecule has 0 aromatic carbocycles. The number of aromatic nitrogens is 3. The fraction of sp³-hybridized carbons (Fsp3) is 0.389. The number of hydrogen-bond acceptors (Lipinski definition) is 6. The molecule has 0 radical (unpaired) electrons. The van der Waals surface area contributed by atoms with Crippen molar-refractivity contribution in [2.45, 2.75) is 33.2 Å². The Morgan fingerprint density at radius 2 is 1.92 bits per heavy atom. The fourth-order valence-electron chi connectivity index (χ4n) is 2.61. The van der Waals surface area contributed by atoms with Gasteiger partial charge in [0.1, 0.15) is 10.6 Å². The first-order valence-electron chi connectivity index (χ1n) is 8.22. The highest BCUT2D eigenvalue weighted by atomic mass is 32.1. The first-order chi connectivity index (χ1) is 11.5. The second-order valence-electron chi connectivity index (χ2n) is 6.53. The van der Waals surface area contributed by atoms with Crippen molar-refractivity contribution in [3.8, 4) is 11.4 Å². The van der Waals surface area contributed by atoms with Gasteiger partial charge < -0.3 is 11.1 Å². The Labute approximate surface area is 146 Å². The minimum Gasteiger partial charge on any atom is -0.368 e. The summed E-state index contributed by atoms with van der Waals surface area (Å²) in [6.07, 6.45) is 4.54. The van der Waals surface area contributed by atoms with Crippen molar-refractivity contribution < 1.29 is 0 Å². The Kier molecular flexibility index (Phi) is 5.06. The van der Waals surface area contributed by atoms with Gasteiger partial charge >= 0.3 is 0 Å². The van der Waals surface area contributed by atoms with Gasteiger partial charge in [0.2, 0.25) is 0 Å². The monoisotopic (exact) mass is 341 g/mol. The van der Waals surface area contributed by atoms with E-state index in [-0.39, 0.29) is 6.04 Å². The Morgan fingerprint density at radius 3 is 2.58 bits per heavy atom. The van der Waals surface area contributed by atoms with Gasteiger partial charge in [0.15, 0.2) is 5.82 Å². The molecule has 0 fully saturated rings. The summed E-state index contributed by atoms with van der Waals surface area (Å²) in [7, 11) is 0. The molecule has 3 rings (SSSR count). The zero-order chi connectivity index (χ0) is 17.1. The summed E-state index contributed by atoms with van der Waals surface area (Å²) >= 11 is 1.68. The molecule has 3 N–H and O–H groups in total. The molecule has 0 saturated heterocycles. The molecular formula is C18H23N5S. The number of nitrogens with two attached hydrogens (primary N) is 1. The molecule has 126 valence electrons. The molecule has 24 heavy (non-hydrogen) atoms. The highest BCUT2D eigenvalue weighted by Gasteiger charge is 2.16. The van der Waals surface area contributed by atoms with E-state index < -0.39 is 0 Å². The van der Waals surface area contributed by atoms with Crippen LogP contribution in [0.4, 0.5) is 5.82 Å². The standard InChI is InChI=1S/C18H23N5S/c1-11(2)8-14-10-24-18-15(14)17(21-9-12(3)19)22-16(23-18)13-4-6-20-7-5-13/h4-7,10-12H,8-9,19H2,1-3H3,(H,21,22,23). The molecule has 6 heteroatoms. The van der Waals surface area contributed by atoms with Crippen LogP contribution in [0.15, 0.2) is 29.9 Å². The van der Waals surface area contributed by atoms with Gasteiger partial charge in [0, 0.05) is 30.5 Å². The normalized spacial score (nSPS) is 12.7. The maximum Gasteiger partial charge on any atom is 0.163 e. The van der Waals surface area contributed by atoms with E-state index in [0.29, 0.717) is 12.5 Å². The molecule has 1 atom stereocenters. The van der Waals surface area contributed by atoms with Crippen molar-refractivity contribution in [3.05, 3.63) is 35.5 Å². The number of nitrogens with one attached hydrogen (secondary N) is 1. The van der Waals surface area contributed by atoms with Crippen molar-refractivity contribution >= 4 is 27.4 Å². The number of fused-ring (bicyclic) bond motifs is 1. The summed E-state index contributed by atoms with van der Waals surface area (Å²) in [6, 6.07) is 3.92. The summed E-state index contributed by atoms with van der Waals surface area (Å²) in [4.78, 5) is 14.6. The van der Waals surface area contributed by atoms with Gasteiger partial charge in [-0.1, -0.05) is 13.8 Å². The van der Waals surface area contributed by atoms with Crippen molar-refractivity contribution in [2.75, 3.05) is 11.9 Å². The van der Waals surface area contributed by atoms with Crippen LogP contribution in [-0.2, 0) is 6.42 Å². The summed E-state index contributed by atoms with van der Waals surface area (Å²) < 4.78 is 0. The van der Waals surface area contributed by atoms with E-state index in [1.807, 2.05) is 19.1 Å². The van der Waals surface area contributed by atoms with Crippen LogP contribution in [0.1, 0.15) is 26.3 Å². The third kappa shape index (κ3) is 3.71. The third-order valence-corrected chi connectivity index (χ3v) is 4.59. The Bertz CT molecular complexity index is 811. The van der Waals surface area contributed by atoms with Crippen molar-refractivity contribution in [2.24, 2.45) is 11.7 Å². The smallest absolute Gasteiger partial charge is 0.163 e. The van der Waals surface area contributed by atoms with Crippen LogP contribution in [0.5, 0.6) is 0 Å². The summed E-state index contributed by atoms with van der Waals surface area (Å²) in [5.74, 6) is 2.18. The molecule has 0 aliphatic carbocycles. The van der Waals surface area contributed by atoms with Crippen LogP contribution < -0.4 is 11.1 Å². The Balaban J connectivity index is 2.10. The number of thiophene rings is 1. The average molecular weight is 341 g/mol. The third-order valence-electron chi connectivity index (χ3n) is 3.67. The zero-order valence-electron chi connectivity index (χ0n) is 14.3. The van der Waals surface area contributed by atoms with Crippen molar-refractivity contribution in [3.63, 3.8) is 0 Å². The molecular weight excluding hydrogens is 318 g/mol. The second-order valence-corrected chi connectivity index (χ2v) is 7.39. The number of rotatable bonds is 6. The van der Waals surface area contributed by atoms with Gasteiger partial charge in [-0.2, -0.15) is 0 Å². The topological polar surface area (TPSA) is 76.7 Å². The average Bonchev–Trinajstić information content (AvgIpc) is 2.95. The molecule has 0 bridgehead atoms. The molecule has 0 amide bonds. The van der Waals surface area contributed by atoms with E-state index in [1.54, 1.807) is 23.7 Å². The van der Waals surface area contributed by atoms with Gasteiger partial charge in [-0.25, -0.2) is 9.97 Å². The van der Waals surface area contributed by atoms with Crippen LogP contribution in [0, 0.1) is 5.92 Å². The maximum absolute atomic E-state index is 5.92. The van der Waals surface area contributed by atoms with Gasteiger partial charge in [-0.3, -0.25) is 4.98 Å². The minimum atomic E-state index is 0.0616. The van der Waals surface area contributed by atoms with E-state index in [0.717, 1.165) is 33.8 Å². The first-order valence-corrected chi connectivity index (χ1v) is 9.10. The van der Waals surface area contributed by atoms with Gasteiger partial charge in [0.25, 0.3) is 0 Å². The van der Waals surface area contributed by atoms with Crippen LogP contribution >= 0.6 is 11.3 Å². The highest BCUT2D eigenvalue weighted by Crippen LogP contribution is 2.33. The predicted molar refractivity (Wildman–Crippen MR) is 101 cm³/mol. The second kappa shape index (κ2) is 7.23. The van der Waals surface area contributed by atoms with Crippen LogP contribution in [-0.4, -0.2) is 27.5 Å². The molecule has 3 aromatic rings. The first kappa shape index (κ1) is 16.8. The number of pyridine rings is 1. The van der Waals surface area contributed by atoms with Gasteiger partial charge in [-0.05, 0) is 42.3 Å². The predicted octanol–water partition coefficient (Wildman–Crippen LogP) is 3.71. The molecule has 1 unspecified atom stereocenters. The van der Waals surface area contributed by atoms with Crippen LogP contribution in [0.25, 0.3) is 21.6 Å². The Morgan fingerprint density at radius 1 is 1.17 bits per heavy atom. The lowest BCUT2D eigenvalue weighted by Gasteiger charge is -2.13. The quantitative estimate of drug-likeness (QED) is 0.715. The van der Waals surface area contributed by atoms with Crippen LogP contribution in [0.2, 0.25) is 0 Å². The molecule has 0 saturated carbocycles. The number of anilines is 1. The lowest BCUT2D eigenvalue weighted by molar-refractivity contribution is 0.651. The van der Waals surface area contributed by atoms with Gasteiger partial charge in [-0.15, -0.1) is 11.3 Å². The maximum atomic E-state index is 5.92. The van der Waals surface area contributed by atoms with E-state index in [9.17, 15) is 0 Å². The van der Waals surface area contributed by atoms with Crippen LogP contribution in [0.3, 0.4) is 0 Å². The summed E-state index contributed by atoms with van der Waals surface area (Å²) in [6.45, 7) is 7.12. The minimum absolute atomic E-state index is 0.0616. The largest absolute Gasteiger partial charge is 0.368 e. The highest BCUT2D eigenvalue weighted by molar-refractivity contribution is 7.17. The molecule has 0 spiro atoms. The Hall–Kier alpha value is -2.05. The summed E-state index contributed by atoms with van der Waals surface area (Å²) in [5.41, 5.74) is 8.19. The van der Waals surface area contributed by atoms with E-state index in [1.165, 1.54) is 5.56 Å². The van der Waals surface area contributed by atoms with Gasteiger partial charge in [0.05, 0.1) is 5.39 Å². The number of hydrogen-bond donors (Lipinski definition) is 2. The fourth-order valence-corrected chi connectivity index (χ4v) is 3.56. The molecule has 3 aromatic heterocycles.